The molecule has 1 unspecified atom stereocenters. The molecule has 0 aliphatic carbocycles. The largest absolute Gasteiger partial charge is 0.465 e. The molecule has 3 nitrogen and oxygen atoms in total. The van der Waals surface area contributed by atoms with Gasteiger partial charge in [0.05, 0.1) is 12.0 Å². The second-order valence-corrected chi connectivity index (χ2v) is 5.41. The van der Waals surface area contributed by atoms with Gasteiger partial charge in [-0.1, -0.05) is 29.3 Å². The van der Waals surface area contributed by atoms with E-state index >= 15 is 0 Å². The van der Waals surface area contributed by atoms with Crippen LogP contribution in [0, 0.1) is 0 Å². The molecule has 106 valence electrons. The first-order valence-electron chi connectivity index (χ1n) is 6.28. The van der Waals surface area contributed by atoms with Gasteiger partial charge in [0.15, 0.2) is 0 Å². The van der Waals surface area contributed by atoms with Crippen molar-refractivity contribution in [2.24, 2.45) is 5.73 Å². The first-order chi connectivity index (χ1) is 8.95. The molecule has 0 heterocycles. The number of rotatable bonds is 6. The Morgan fingerprint density at radius 2 is 2.11 bits per heavy atom. The Bertz CT molecular complexity index is 451. The molecule has 0 aliphatic heterocycles. The van der Waals surface area contributed by atoms with Crippen LogP contribution in [0.2, 0.25) is 10.0 Å². The van der Waals surface area contributed by atoms with Crippen molar-refractivity contribution in [1.82, 2.24) is 0 Å². The van der Waals surface area contributed by atoms with Gasteiger partial charge in [0.2, 0.25) is 0 Å². The molecule has 1 rings (SSSR count). The second-order valence-electron chi connectivity index (χ2n) is 4.57. The standard InChI is InChI=1S/C14H19Cl2NO2/c1-3-19-13(18)14(2,7-4-8-17)11-6-5-10(15)9-12(11)16/h5-6,9H,3-4,7-8,17H2,1-2H3. The summed E-state index contributed by atoms with van der Waals surface area (Å²) in [5.41, 5.74) is 5.48. The summed E-state index contributed by atoms with van der Waals surface area (Å²) in [4.78, 5) is 12.3. The SMILES string of the molecule is CCOC(=O)C(C)(CCCN)c1ccc(Cl)cc1Cl. The Morgan fingerprint density at radius 3 is 2.63 bits per heavy atom. The van der Waals surface area contributed by atoms with Crippen molar-refractivity contribution >= 4 is 29.2 Å². The van der Waals surface area contributed by atoms with E-state index in [2.05, 4.69) is 0 Å². The van der Waals surface area contributed by atoms with Crippen molar-refractivity contribution in [2.45, 2.75) is 32.1 Å². The molecule has 1 aromatic rings. The average molecular weight is 304 g/mol. The molecule has 0 fully saturated rings. The van der Waals surface area contributed by atoms with Gasteiger partial charge in [-0.3, -0.25) is 4.79 Å². The lowest BCUT2D eigenvalue weighted by molar-refractivity contribution is -0.149. The maximum atomic E-state index is 12.3. The van der Waals surface area contributed by atoms with Gasteiger partial charge in [0.1, 0.15) is 0 Å². The molecular weight excluding hydrogens is 285 g/mol. The Labute approximate surface area is 124 Å². The smallest absolute Gasteiger partial charge is 0.316 e. The highest BCUT2D eigenvalue weighted by molar-refractivity contribution is 6.35. The van der Waals surface area contributed by atoms with E-state index in [4.69, 9.17) is 33.7 Å². The predicted octanol–water partition coefficient (Wildman–Crippen LogP) is 3.55. The molecule has 0 aliphatic rings. The van der Waals surface area contributed by atoms with E-state index in [-0.39, 0.29) is 5.97 Å². The fourth-order valence-corrected chi connectivity index (χ4v) is 2.65. The number of carbonyl (C=O) groups is 1. The van der Waals surface area contributed by atoms with E-state index < -0.39 is 5.41 Å². The number of hydrogen-bond acceptors (Lipinski definition) is 3. The Kier molecular flexibility index (Phi) is 6.11. The molecule has 5 heteroatoms. The van der Waals surface area contributed by atoms with E-state index in [1.165, 1.54) is 0 Å². The Morgan fingerprint density at radius 1 is 1.42 bits per heavy atom. The summed E-state index contributed by atoms with van der Waals surface area (Å²) >= 11 is 12.1. The van der Waals surface area contributed by atoms with Crippen LogP contribution in [-0.2, 0) is 14.9 Å². The minimum Gasteiger partial charge on any atom is -0.465 e. The van der Waals surface area contributed by atoms with Crippen LogP contribution in [0.15, 0.2) is 18.2 Å². The van der Waals surface area contributed by atoms with E-state index in [1.807, 2.05) is 6.92 Å². The summed E-state index contributed by atoms with van der Waals surface area (Å²) in [6, 6.07) is 5.14. The molecule has 0 saturated heterocycles. The van der Waals surface area contributed by atoms with Crippen molar-refractivity contribution < 1.29 is 9.53 Å². The van der Waals surface area contributed by atoms with Crippen molar-refractivity contribution in [3.63, 3.8) is 0 Å². The van der Waals surface area contributed by atoms with Gasteiger partial charge >= 0.3 is 5.97 Å². The molecular formula is C14H19Cl2NO2. The molecule has 1 aromatic carbocycles. The molecule has 0 bridgehead atoms. The number of nitrogens with two attached hydrogens (primary N) is 1. The lowest BCUT2D eigenvalue weighted by Gasteiger charge is -2.28. The zero-order valence-electron chi connectivity index (χ0n) is 11.2. The first-order valence-corrected chi connectivity index (χ1v) is 7.04. The zero-order chi connectivity index (χ0) is 14.5. The minimum absolute atomic E-state index is 0.285. The summed E-state index contributed by atoms with van der Waals surface area (Å²) in [6.45, 7) is 4.46. The quantitative estimate of drug-likeness (QED) is 0.818. The second kappa shape index (κ2) is 7.13. The van der Waals surface area contributed by atoms with Crippen molar-refractivity contribution in [3.05, 3.63) is 33.8 Å². The van der Waals surface area contributed by atoms with Crippen LogP contribution in [0.1, 0.15) is 32.3 Å². The third kappa shape index (κ3) is 3.85. The van der Waals surface area contributed by atoms with E-state index in [9.17, 15) is 4.79 Å². The molecule has 1 atom stereocenters. The Hall–Kier alpha value is -0.770. The van der Waals surface area contributed by atoms with Gasteiger partial charge in [-0.15, -0.1) is 0 Å². The van der Waals surface area contributed by atoms with Crippen LogP contribution < -0.4 is 5.73 Å². The van der Waals surface area contributed by atoms with Crippen molar-refractivity contribution in [2.75, 3.05) is 13.2 Å². The monoisotopic (exact) mass is 303 g/mol. The summed E-state index contributed by atoms with van der Waals surface area (Å²) in [7, 11) is 0. The number of hydrogen-bond donors (Lipinski definition) is 1. The molecule has 0 spiro atoms. The number of halogens is 2. The van der Waals surface area contributed by atoms with Gasteiger partial charge in [-0.25, -0.2) is 0 Å². The van der Waals surface area contributed by atoms with Crippen LogP contribution >= 0.6 is 23.2 Å². The number of ether oxygens (including phenoxy) is 1. The van der Waals surface area contributed by atoms with E-state index in [0.717, 1.165) is 5.56 Å². The van der Waals surface area contributed by atoms with Crippen LogP contribution in [-0.4, -0.2) is 19.1 Å². The van der Waals surface area contributed by atoms with Gasteiger partial charge in [0.25, 0.3) is 0 Å². The van der Waals surface area contributed by atoms with Crippen LogP contribution in [0.25, 0.3) is 0 Å². The van der Waals surface area contributed by atoms with Gasteiger partial charge in [-0.05, 0) is 50.9 Å². The summed E-state index contributed by atoms with van der Waals surface area (Å²) in [5.74, 6) is -0.285. The van der Waals surface area contributed by atoms with E-state index in [0.29, 0.717) is 36.0 Å². The molecule has 0 aromatic heterocycles. The Balaban J connectivity index is 3.18. The third-order valence-electron chi connectivity index (χ3n) is 3.13. The minimum atomic E-state index is -0.795. The number of esters is 1. The molecule has 0 amide bonds. The highest BCUT2D eigenvalue weighted by Crippen LogP contribution is 2.36. The maximum absolute atomic E-state index is 12.3. The summed E-state index contributed by atoms with van der Waals surface area (Å²) in [5, 5.41) is 1.01. The third-order valence-corrected chi connectivity index (χ3v) is 3.68. The van der Waals surface area contributed by atoms with Gasteiger partial charge in [0, 0.05) is 10.0 Å². The van der Waals surface area contributed by atoms with Gasteiger partial charge < -0.3 is 10.5 Å². The maximum Gasteiger partial charge on any atom is 0.316 e. The first kappa shape index (κ1) is 16.3. The van der Waals surface area contributed by atoms with Crippen molar-refractivity contribution in [3.8, 4) is 0 Å². The fraction of sp³-hybridized carbons (Fsp3) is 0.500. The molecule has 2 N–H and O–H groups in total. The molecule has 19 heavy (non-hydrogen) atoms. The lowest BCUT2D eigenvalue weighted by Crippen LogP contribution is -2.35. The number of carbonyl (C=O) groups excluding carboxylic acids is 1. The van der Waals surface area contributed by atoms with E-state index in [1.54, 1.807) is 25.1 Å². The normalized spacial score (nSPS) is 13.9. The topological polar surface area (TPSA) is 52.3 Å². The zero-order valence-corrected chi connectivity index (χ0v) is 12.7. The fourth-order valence-electron chi connectivity index (χ4n) is 2.03. The number of benzene rings is 1. The molecule has 0 radical (unpaired) electrons. The highest BCUT2D eigenvalue weighted by atomic mass is 35.5. The van der Waals surface area contributed by atoms with Crippen LogP contribution in [0.5, 0.6) is 0 Å². The highest BCUT2D eigenvalue weighted by Gasteiger charge is 2.37. The van der Waals surface area contributed by atoms with Crippen molar-refractivity contribution in [1.29, 1.82) is 0 Å². The predicted molar refractivity (Wildman–Crippen MR) is 78.7 cm³/mol. The van der Waals surface area contributed by atoms with Crippen LogP contribution in [0.3, 0.4) is 0 Å². The van der Waals surface area contributed by atoms with Crippen LogP contribution in [0.4, 0.5) is 0 Å². The summed E-state index contributed by atoms with van der Waals surface area (Å²) in [6.07, 6.45) is 1.30. The lowest BCUT2D eigenvalue weighted by atomic mass is 9.78. The van der Waals surface area contributed by atoms with Gasteiger partial charge in [-0.2, -0.15) is 0 Å². The molecule has 0 saturated carbocycles. The average Bonchev–Trinajstić information content (AvgIpc) is 2.36. The summed E-state index contributed by atoms with van der Waals surface area (Å²) < 4.78 is 5.17.